The lowest BCUT2D eigenvalue weighted by molar-refractivity contribution is 0.283. The molecule has 1 N–H and O–H groups in total. The monoisotopic (exact) mass is 296 g/mol. The maximum atomic E-state index is 9.57. The second kappa shape index (κ2) is 6.44. The number of hydrogen-bond acceptors (Lipinski definition) is 4. The molecule has 0 spiro atoms. The van der Waals surface area contributed by atoms with Crippen LogP contribution in [0.4, 0.5) is 5.13 Å². The summed E-state index contributed by atoms with van der Waals surface area (Å²) >= 11 is 1.68. The Kier molecular flexibility index (Phi) is 5.08. The van der Waals surface area contributed by atoms with Gasteiger partial charge in [-0.3, -0.25) is 0 Å². The Morgan fingerprint density at radius 2 is 2.10 bits per heavy atom. The molecule has 1 saturated heterocycles. The fraction of sp³-hybridized carbons (Fsp3) is 0.812. The van der Waals surface area contributed by atoms with E-state index in [2.05, 4.69) is 32.6 Å². The van der Waals surface area contributed by atoms with E-state index in [1.54, 1.807) is 11.3 Å². The van der Waals surface area contributed by atoms with Crippen LogP contribution in [0.15, 0.2) is 0 Å². The Hall–Kier alpha value is -0.610. The van der Waals surface area contributed by atoms with Crippen molar-refractivity contribution < 1.29 is 5.11 Å². The van der Waals surface area contributed by atoms with Gasteiger partial charge in [0.25, 0.3) is 0 Å². The summed E-state index contributed by atoms with van der Waals surface area (Å²) in [6.07, 6.45) is 4.82. The molecule has 3 nitrogen and oxygen atoms in total. The van der Waals surface area contributed by atoms with Gasteiger partial charge in [-0.05, 0) is 37.0 Å². The van der Waals surface area contributed by atoms with Crippen LogP contribution in [0.5, 0.6) is 0 Å². The molecule has 1 aromatic rings. The van der Waals surface area contributed by atoms with E-state index in [0.29, 0.717) is 11.3 Å². The molecule has 1 aliphatic rings. The summed E-state index contributed by atoms with van der Waals surface area (Å²) in [6.45, 7) is 11.4. The molecule has 1 aromatic heterocycles. The Bertz CT molecular complexity index is 442. The predicted octanol–water partition coefficient (Wildman–Crippen LogP) is 4.17. The lowest BCUT2D eigenvalue weighted by atomic mass is 9.85. The largest absolute Gasteiger partial charge is 0.391 e. The minimum atomic E-state index is 0.122. The fourth-order valence-corrected chi connectivity index (χ4v) is 3.88. The molecule has 1 unspecified atom stereocenters. The van der Waals surface area contributed by atoms with Gasteiger partial charge in [-0.2, -0.15) is 0 Å². The Labute approximate surface area is 127 Å². The van der Waals surface area contributed by atoms with Crippen molar-refractivity contribution in [1.29, 1.82) is 0 Å². The van der Waals surface area contributed by atoms with Crippen molar-refractivity contribution in [2.24, 2.45) is 5.41 Å². The van der Waals surface area contributed by atoms with E-state index >= 15 is 0 Å². The number of rotatable bonds is 4. The van der Waals surface area contributed by atoms with Gasteiger partial charge in [-0.25, -0.2) is 4.98 Å². The van der Waals surface area contributed by atoms with Crippen LogP contribution in [-0.4, -0.2) is 23.2 Å². The maximum Gasteiger partial charge on any atom is 0.185 e. The van der Waals surface area contributed by atoms with E-state index in [4.69, 9.17) is 4.98 Å². The molecule has 0 amide bonds. The summed E-state index contributed by atoms with van der Waals surface area (Å²) < 4.78 is 0. The molecule has 2 heterocycles. The Morgan fingerprint density at radius 3 is 2.75 bits per heavy atom. The lowest BCUT2D eigenvalue weighted by Gasteiger charge is -2.23. The second-order valence-electron chi connectivity index (χ2n) is 6.78. The predicted molar refractivity (Wildman–Crippen MR) is 86.6 cm³/mol. The summed E-state index contributed by atoms with van der Waals surface area (Å²) in [4.78, 5) is 8.32. The van der Waals surface area contributed by atoms with Gasteiger partial charge in [0.15, 0.2) is 5.13 Å². The van der Waals surface area contributed by atoms with Crippen molar-refractivity contribution >= 4 is 16.5 Å². The number of nitrogens with zero attached hydrogens (tertiary/aromatic N) is 2. The topological polar surface area (TPSA) is 36.4 Å². The molecule has 2 rings (SSSR count). The van der Waals surface area contributed by atoms with Crippen LogP contribution >= 0.6 is 11.3 Å². The normalized spacial score (nSPS) is 20.8. The summed E-state index contributed by atoms with van der Waals surface area (Å²) in [5, 5.41) is 10.7. The molecule has 1 fully saturated rings. The minimum absolute atomic E-state index is 0.122. The van der Waals surface area contributed by atoms with Gasteiger partial charge in [0.2, 0.25) is 0 Å². The number of aliphatic hydroxyl groups excluding tert-OH is 1. The molecule has 0 saturated carbocycles. The number of anilines is 1. The molecule has 0 bridgehead atoms. The molecule has 0 aromatic carbocycles. The van der Waals surface area contributed by atoms with Gasteiger partial charge in [0, 0.05) is 13.1 Å². The van der Waals surface area contributed by atoms with Crippen LogP contribution < -0.4 is 4.90 Å². The van der Waals surface area contributed by atoms with E-state index in [-0.39, 0.29) is 6.61 Å². The van der Waals surface area contributed by atoms with Crippen molar-refractivity contribution in [3.05, 3.63) is 10.6 Å². The lowest BCUT2D eigenvalue weighted by Crippen LogP contribution is -2.24. The SMILES string of the molecule is CCC(C)c1nc(N2CCCC(C)(C)CC2)sc1CO. The van der Waals surface area contributed by atoms with Gasteiger partial charge in [0.1, 0.15) is 0 Å². The molecule has 114 valence electrons. The van der Waals surface area contributed by atoms with Crippen LogP contribution in [0.25, 0.3) is 0 Å². The van der Waals surface area contributed by atoms with Gasteiger partial charge >= 0.3 is 0 Å². The van der Waals surface area contributed by atoms with Gasteiger partial charge in [-0.1, -0.05) is 39.0 Å². The van der Waals surface area contributed by atoms with Gasteiger partial charge in [0.05, 0.1) is 17.2 Å². The average Bonchev–Trinajstić information content (AvgIpc) is 2.77. The van der Waals surface area contributed by atoms with Gasteiger partial charge < -0.3 is 10.0 Å². The van der Waals surface area contributed by atoms with E-state index in [0.717, 1.165) is 35.2 Å². The second-order valence-corrected chi connectivity index (χ2v) is 7.84. The fourth-order valence-electron chi connectivity index (χ4n) is 2.79. The smallest absolute Gasteiger partial charge is 0.185 e. The van der Waals surface area contributed by atoms with Crippen LogP contribution in [0.1, 0.15) is 69.9 Å². The van der Waals surface area contributed by atoms with Crippen LogP contribution in [0.2, 0.25) is 0 Å². The number of aliphatic hydroxyl groups is 1. The molecule has 1 aliphatic heterocycles. The first-order valence-corrected chi connectivity index (χ1v) is 8.64. The van der Waals surface area contributed by atoms with Gasteiger partial charge in [-0.15, -0.1) is 0 Å². The van der Waals surface area contributed by atoms with E-state index in [1.165, 1.54) is 19.3 Å². The number of aromatic nitrogens is 1. The minimum Gasteiger partial charge on any atom is -0.391 e. The first kappa shape index (κ1) is 15.8. The summed E-state index contributed by atoms with van der Waals surface area (Å²) in [6, 6.07) is 0. The van der Waals surface area contributed by atoms with Crippen molar-refractivity contribution in [3.8, 4) is 0 Å². The van der Waals surface area contributed by atoms with Crippen molar-refractivity contribution in [2.75, 3.05) is 18.0 Å². The average molecular weight is 296 g/mol. The highest BCUT2D eigenvalue weighted by molar-refractivity contribution is 7.15. The van der Waals surface area contributed by atoms with Crippen molar-refractivity contribution in [3.63, 3.8) is 0 Å². The van der Waals surface area contributed by atoms with Crippen molar-refractivity contribution in [1.82, 2.24) is 4.98 Å². The first-order valence-electron chi connectivity index (χ1n) is 7.82. The molecule has 4 heteroatoms. The quantitative estimate of drug-likeness (QED) is 0.906. The third-order valence-corrected chi connectivity index (χ3v) is 5.67. The highest BCUT2D eigenvalue weighted by Crippen LogP contribution is 2.36. The summed E-state index contributed by atoms with van der Waals surface area (Å²) in [7, 11) is 0. The highest BCUT2D eigenvalue weighted by Gasteiger charge is 2.25. The zero-order valence-electron chi connectivity index (χ0n) is 13.3. The van der Waals surface area contributed by atoms with E-state index in [1.807, 2.05) is 0 Å². The van der Waals surface area contributed by atoms with Crippen molar-refractivity contribution in [2.45, 2.75) is 65.9 Å². The molecule has 20 heavy (non-hydrogen) atoms. The molecular weight excluding hydrogens is 268 g/mol. The first-order chi connectivity index (χ1) is 9.46. The number of hydrogen-bond donors (Lipinski definition) is 1. The van der Waals surface area contributed by atoms with E-state index < -0.39 is 0 Å². The maximum absolute atomic E-state index is 9.57. The standard InChI is InChI=1S/C16H28N2OS/c1-5-12(2)14-13(11-19)20-15(17-14)18-9-6-7-16(3,4)8-10-18/h12,19H,5-11H2,1-4H3. The third-order valence-electron chi connectivity index (χ3n) is 4.55. The summed E-state index contributed by atoms with van der Waals surface area (Å²) in [5.74, 6) is 0.436. The zero-order chi connectivity index (χ0) is 14.8. The highest BCUT2D eigenvalue weighted by atomic mass is 32.1. The summed E-state index contributed by atoms with van der Waals surface area (Å²) in [5.41, 5.74) is 1.56. The zero-order valence-corrected chi connectivity index (χ0v) is 14.1. The van der Waals surface area contributed by atoms with Crippen LogP contribution in [-0.2, 0) is 6.61 Å². The molecule has 0 radical (unpaired) electrons. The van der Waals surface area contributed by atoms with Crippen LogP contribution in [0.3, 0.4) is 0 Å². The number of thiazole rings is 1. The Balaban J connectivity index is 2.18. The molecule has 0 aliphatic carbocycles. The molecule has 1 atom stereocenters. The third kappa shape index (κ3) is 3.53. The Morgan fingerprint density at radius 1 is 1.35 bits per heavy atom. The molecular formula is C16H28N2OS. The van der Waals surface area contributed by atoms with Crippen LogP contribution in [0, 0.1) is 5.41 Å². The van der Waals surface area contributed by atoms with E-state index in [9.17, 15) is 5.11 Å².